The summed E-state index contributed by atoms with van der Waals surface area (Å²) in [6.07, 6.45) is 4.10. The van der Waals surface area contributed by atoms with Gasteiger partial charge >= 0.3 is 0 Å². The van der Waals surface area contributed by atoms with E-state index in [1.165, 1.54) is 14.8 Å². The van der Waals surface area contributed by atoms with Gasteiger partial charge in [0.05, 0.1) is 11.7 Å². The third-order valence-electron chi connectivity index (χ3n) is 3.35. The summed E-state index contributed by atoms with van der Waals surface area (Å²) >= 11 is 6.00. The quantitative estimate of drug-likeness (QED) is 0.603. The van der Waals surface area contributed by atoms with E-state index in [2.05, 4.69) is 91.7 Å². The Hall–Kier alpha value is -0.400. The fraction of sp³-hybridized carbons (Fsp3) is 0.438. The van der Waals surface area contributed by atoms with Crippen LogP contribution < -0.4 is 5.32 Å². The molecular formula is C16H21BrIN3. The van der Waals surface area contributed by atoms with Gasteiger partial charge in [0.25, 0.3) is 0 Å². The maximum Gasteiger partial charge on any atom is 0.0758 e. The minimum Gasteiger partial charge on any atom is -0.305 e. The van der Waals surface area contributed by atoms with Crippen LogP contribution in [0.4, 0.5) is 0 Å². The maximum absolute atomic E-state index is 4.48. The summed E-state index contributed by atoms with van der Waals surface area (Å²) in [7, 11) is 0. The minimum atomic E-state index is 0.184. The Morgan fingerprint density at radius 3 is 2.81 bits per heavy atom. The second-order valence-electron chi connectivity index (χ2n) is 5.03. The summed E-state index contributed by atoms with van der Waals surface area (Å²) in [6.45, 7) is 6.32. The van der Waals surface area contributed by atoms with Crippen molar-refractivity contribution in [3.05, 3.63) is 49.8 Å². The summed E-state index contributed by atoms with van der Waals surface area (Å²) < 4.78 is 4.50. The van der Waals surface area contributed by atoms with Crippen LogP contribution in [0.2, 0.25) is 0 Å². The number of hydrogen-bond donors (Lipinski definition) is 1. The van der Waals surface area contributed by atoms with Crippen LogP contribution in [0.25, 0.3) is 0 Å². The smallest absolute Gasteiger partial charge is 0.0758 e. The highest BCUT2D eigenvalue weighted by Gasteiger charge is 2.20. The van der Waals surface area contributed by atoms with Gasteiger partial charge in [-0.1, -0.05) is 29.8 Å². The average molecular weight is 462 g/mol. The number of aromatic nitrogens is 2. The highest BCUT2D eigenvalue weighted by Crippen LogP contribution is 2.29. The van der Waals surface area contributed by atoms with Gasteiger partial charge in [0.15, 0.2) is 0 Å². The van der Waals surface area contributed by atoms with E-state index in [4.69, 9.17) is 0 Å². The molecule has 114 valence electrons. The lowest BCUT2D eigenvalue weighted by atomic mass is 10.0. The Kier molecular flexibility index (Phi) is 6.70. The Bertz CT molecular complexity index is 583. The van der Waals surface area contributed by atoms with E-state index < -0.39 is 0 Å². The topological polar surface area (TPSA) is 29.9 Å². The summed E-state index contributed by atoms with van der Waals surface area (Å²) in [5.74, 6) is 0. The summed E-state index contributed by atoms with van der Waals surface area (Å²) in [4.78, 5) is 0. The lowest BCUT2D eigenvalue weighted by Crippen LogP contribution is -2.26. The van der Waals surface area contributed by atoms with E-state index in [0.29, 0.717) is 0 Å². The molecule has 0 saturated heterocycles. The SMILES string of the molecule is CCCNC(c1cc(Br)ccc1I)c1ccnn1CCC. The number of halogens is 2. The molecule has 1 unspecified atom stereocenters. The highest BCUT2D eigenvalue weighted by molar-refractivity contribution is 14.1. The zero-order chi connectivity index (χ0) is 15.2. The minimum absolute atomic E-state index is 0.184. The first-order valence-corrected chi connectivity index (χ1v) is 9.24. The van der Waals surface area contributed by atoms with E-state index in [9.17, 15) is 0 Å². The summed E-state index contributed by atoms with van der Waals surface area (Å²) in [6, 6.07) is 8.76. The van der Waals surface area contributed by atoms with E-state index >= 15 is 0 Å². The zero-order valence-electron chi connectivity index (χ0n) is 12.4. The second kappa shape index (κ2) is 8.29. The Morgan fingerprint density at radius 2 is 2.10 bits per heavy atom. The number of nitrogens with one attached hydrogen (secondary N) is 1. The first kappa shape index (κ1) is 17.0. The normalized spacial score (nSPS) is 12.6. The standard InChI is InChI=1S/C16H21BrIN3/c1-3-8-19-16(13-11-12(17)5-6-14(13)18)15-7-9-20-21(15)10-4-2/h5-7,9,11,16,19H,3-4,8,10H2,1-2H3. The van der Waals surface area contributed by atoms with Gasteiger partial charge in [0.1, 0.15) is 0 Å². The highest BCUT2D eigenvalue weighted by atomic mass is 127. The molecule has 21 heavy (non-hydrogen) atoms. The van der Waals surface area contributed by atoms with Crippen molar-refractivity contribution >= 4 is 38.5 Å². The van der Waals surface area contributed by atoms with Crippen molar-refractivity contribution in [1.29, 1.82) is 0 Å². The van der Waals surface area contributed by atoms with Crippen LogP contribution in [0, 0.1) is 3.57 Å². The molecule has 2 rings (SSSR count). The molecule has 0 bridgehead atoms. The van der Waals surface area contributed by atoms with Crippen LogP contribution in [0.3, 0.4) is 0 Å². The number of nitrogens with zero attached hydrogens (tertiary/aromatic N) is 2. The van der Waals surface area contributed by atoms with Crippen LogP contribution in [-0.2, 0) is 6.54 Å². The van der Waals surface area contributed by atoms with Gasteiger partial charge in [-0.05, 0) is 71.8 Å². The van der Waals surface area contributed by atoms with Crippen molar-refractivity contribution in [3.8, 4) is 0 Å². The van der Waals surface area contributed by atoms with Gasteiger partial charge in [0.2, 0.25) is 0 Å². The van der Waals surface area contributed by atoms with Gasteiger partial charge < -0.3 is 5.32 Å². The lowest BCUT2D eigenvalue weighted by Gasteiger charge is -2.22. The summed E-state index contributed by atoms with van der Waals surface area (Å²) in [5, 5.41) is 8.14. The third kappa shape index (κ3) is 4.29. The molecule has 1 atom stereocenters. The molecule has 0 aliphatic carbocycles. The van der Waals surface area contributed by atoms with Crippen LogP contribution >= 0.6 is 38.5 Å². The van der Waals surface area contributed by atoms with Crippen LogP contribution in [0.1, 0.15) is 44.0 Å². The molecule has 0 fully saturated rings. The summed E-state index contributed by atoms with van der Waals surface area (Å²) in [5.41, 5.74) is 2.54. The molecule has 1 aromatic carbocycles. The van der Waals surface area contributed by atoms with Crippen molar-refractivity contribution in [3.63, 3.8) is 0 Å². The monoisotopic (exact) mass is 461 g/mol. The zero-order valence-corrected chi connectivity index (χ0v) is 16.2. The Balaban J connectivity index is 2.42. The first-order valence-electron chi connectivity index (χ1n) is 7.37. The van der Waals surface area contributed by atoms with E-state index in [1.54, 1.807) is 0 Å². The predicted molar refractivity (Wildman–Crippen MR) is 99.5 cm³/mol. The van der Waals surface area contributed by atoms with Gasteiger partial charge in [0, 0.05) is 20.8 Å². The van der Waals surface area contributed by atoms with Gasteiger partial charge in [-0.2, -0.15) is 5.10 Å². The van der Waals surface area contributed by atoms with Gasteiger partial charge in [-0.25, -0.2) is 0 Å². The fourth-order valence-corrected chi connectivity index (χ4v) is 3.41. The first-order chi connectivity index (χ1) is 10.2. The molecule has 1 aromatic heterocycles. The second-order valence-corrected chi connectivity index (χ2v) is 7.11. The molecule has 1 heterocycles. The Labute approximate surface area is 148 Å². The number of rotatable bonds is 7. The molecule has 0 aliphatic heterocycles. The van der Waals surface area contributed by atoms with Crippen LogP contribution in [-0.4, -0.2) is 16.3 Å². The van der Waals surface area contributed by atoms with Crippen molar-refractivity contribution in [1.82, 2.24) is 15.1 Å². The van der Waals surface area contributed by atoms with Crippen LogP contribution in [0.15, 0.2) is 34.9 Å². The molecule has 3 nitrogen and oxygen atoms in total. The molecule has 0 radical (unpaired) electrons. The third-order valence-corrected chi connectivity index (χ3v) is 4.82. The molecule has 0 saturated carbocycles. The Morgan fingerprint density at radius 1 is 1.29 bits per heavy atom. The molecular weight excluding hydrogens is 441 g/mol. The number of aryl methyl sites for hydroxylation is 1. The van der Waals surface area contributed by atoms with Crippen molar-refractivity contribution in [2.75, 3.05) is 6.54 Å². The molecule has 5 heteroatoms. The lowest BCUT2D eigenvalue weighted by molar-refractivity contribution is 0.510. The number of hydrogen-bond acceptors (Lipinski definition) is 2. The maximum atomic E-state index is 4.48. The van der Waals surface area contributed by atoms with Crippen molar-refractivity contribution in [2.24, 2.45) is 0 Å². The average Bonchev–Trinajstić information content (AvgIpc) is 2.92. The van der Waals surface area contributed by atoms with E-state index in [1.807, 2.05) is 6.20 Å². The fourth-order valence-electron chi connectivity index (χ4n) is 2.39. The molecule has 0 amide bonds. The van der Waals surface area contributed by atoms with E-state index in [0.717, 1.165) is 30.4 Å². The molecule has 0 aliphatic rings. The van der Waals surface area contributed by atoms with Crippen molar-refractivity contribution < 1.29 is 0 Å². The number of benzene rings is 1. The predicted octanol–water partition coefficient (Wildman–Crippen LogP) is 4.75. The van der Waals surface area contributed by atoms with Crippen molar-refractivity contribution in [2.45, 2.75) is 39.3 Å². The van der Waals surface area contributed by atoms with Gasteiger partial charge in [-0.15, -0.1) is 0 Å². The molecule has 1 N–H and O–H groups in total. The van der Waals surface area contributed by atoms with E-state index in [-0.39, 0.29) is 6.04 Å². The van der Waals surface area contributed by atoms with Gasteiger partial charge in [-0.3, -0.25) is 4.68 Å². The molecule has 2 aromatic rings. The van der Waals surface area contributed by atoms with Crippen LogP contribution in [0.5, 0.6) is 0 Å². The largest absolute Gasteiger partial charge is 0.305 e. The molecule has 0 spiro atoms.